The van der Waals surface area contributed by atoms with Crippen molar-refractivity contribution >= 4 is 0 Å². The number of nitrogens with zero attached hydrogens (tertiary/aromatic N) is 2. The molecule has 1 heterocycles. The molecule has 1 aromatic heterocycles. The first-order chi connectivity index (χ1) is 8.85. The van der Waals surface area contributed by atoms with Gasteiger partial charge in [0, 0.05) is 36.9 Å². The first-order valence-electron chi connectivity index (χ1n) is 6.16. The van der Waals surface area contributed by atoms with E-state index < -0.39 is 0 Å². The molecule has 2 aromatic rings. The summed E-state index contributed by atoms with van der Waals surface area (Å²) in [4.78, 5) is 4.03. The average Bonchev–Trinajstić information content (AvgIpc) is 2.93. The Balaban J connectivity index is 2.15. The van der Waals surface area contributed by atoms with Crippen molar-refractivity contribution in [3.05, 3.63) is 48.5 Å². The van der Waals surface area contributed by atoms with Gasteiger partial charge in [-0.05, 0) is 26.0 Å². The van der Waals surface area contributed by atoms with Crippen LogP contribution < -0.4 is 0 Å². The number of ether oxygens (including phenoxy) is 2. The van der Waals surface area contributed by atoms with Crippen molar-refractivity contribution in [1.82, 2.24) is 9.55 Å². The van der Waals surface area contributed by atoms with E-state index in [0.29, 0.717) is 13.2 Å². The van der Waals surface area contributed by atoms with E-state index in [1.54, 1.807) is 12.5 Å². The Morgan fingerprint density at radius 3 is 2.28 bits per heavy atom. The lowest BCUT2D eigenvalue weighted by atomic mass is 10.2. The third-order valence-electron chi connectivity index (χ3n) is 2.60. The molecule has 0 saturated carbocycles. The predicted molar refractivity (Wildman–Crippen MR) is 69.6 cm³/mol. The molecular formula is C14H18N2O2. The molecule has 0 radical (unpaired) electrons. The van der Waals surface area contributed by atoms with Gasteiger partial charge in [-0.15, -0.1) is 0 Å². The van der Waals surface area contributed by atoms with Crippen LogP contribution in [0.3, 0.4) is 0 Å². The minimum absolute atomic E-state index is 0.281. The maximum atomic E-state index is 5.56. The molecule has 0 fully saturated rings. The SMILES string of the molecule is CCOC(OCC)c1ccc(-n2ccnc2)cc1. The van der Waals surface area contributed by atoms with Crippen LogP contribution in [-0.4, -0.2) is 22.8 Å². The molecule has 4 nitrogen and oxygen atoms in total. The number of rotatable bonds is 6. The van der Waals surface area contributed by atoms with E-state index in [1.807, 2.05) is 48.9 Å². The summed E-state index contributed by atoms with van der Waals surface area (Å²) in [6, 6.07) is 8.10. The fourth-order valence-electron chi connectivity index (χ4n) is 1.76. The van der Waals surface area contributed by atoms with Crippen LogP contribution in [0.2, 0.25) is 0 Å². The number of hydrogen-bond donors (Lipinski definition) is 0. The lowest BCUT2D eigenvalue weighted by molar-refractivity contribution is -0.140. The molecule has 0 bridgehead atoms. The van der Waals surface area contributed by atoms with E-state index in [0.717, 1.165) is 11.3 Å². The first kappa shape index (κ1) is 12.8. The standard InChI is InChI=1S/C14H18N2O2/c1-3-17-14(18-4-2)12-5-7-13(8-6-12)16-10-9-15-11-16/h5-11,14H,3-4H2,1-2H3. The maximum absolute atomic E-state index is 5.56. The molecule has 96 valence electrons. The highest BCUT2D eigenvalue weighted by atomic mass is 16.7. The summed E-state index contributed by atoms with van der Waals surface area (Å²) in [5, 5.41) is 0. The van der Waals surface area contributed by atoms with E-state index in [4.69, 9.17) is 9.47 Å². The van der Waals surface area contributed by atoms with Crippen LogP contribution in [0.1, 0.15) is 25.7 Å². The van der Waals surface area contributed by atoms with Gasteiger partial charge in [-0.1, -0.05) is 12.1 Å². The molecule has 2 rings (SSSR count). The van der Waals surface area contributed by atoms with Crippen molar-refractivity contribution in [2.75, 3.05) is 13.2 Å². The van der Waals surface area contributed by atoms with Gasteiger partial charge in [-0.3, -0.25) is 0 Å². The number of hydrogen-bond acceptors (Lipinski definition) is 3. The van der Waals surface area contributed by atoms with Crippen molar-refractivity contribution < 1.29 is 9.47 Å². The Morgan fingerprint density at radius 1 is 1.11 bits per heavy atom. The quantitative estimate of drug-likeness (QED) is 0.735. The molecule has 0 unspecified atom stereocenters. The second kappa shape index (κ2) is 6.33. The summed E-state index contributed by atoms with van der Waals surface area (Å²) < 4.78 is 13.1. The second-order valence-electron chi connectivity index (χ2n) is 3.80. The van der Waals surface area contributed by atoms with Crippen LogP contribution in [0.5, 0.6) is 0 Å². The van der Waals surface area contributed by atoms with Gasteiger partial charge in [0.25, 0.3) is 0 Å². The fourth-order valence-corrected chi connectivity index (χ4v) is 1.76. The van der Waals surface area contributed by atoms with E-state index in [2.05, 4.69) is 4.98 Å². The minimum atomic E-state index is -0.281. The number of imidazole rings is 1. The molecule has 4 heteroatoms. The van der Waals surface area contributed by atoms with Crippen molar-refractivity contribution in [3.8, 4) is 5.69 Å². The van der Waals surface area contributed by atoms with Crippen molar-refractivity contribution in [3.63, 3.8) is 0 Å². The summed E-state index contributed by atoms with van der Waals surface area (Å²) in [6.07, 6.45) is 5.17. The van der Waals surface area contributed by atoms with E-state index in [9.17, 15) is 0 Å². The highest BCUT2D eigenvalue weighted by Crippen LogP contribution is 2.20. The van der Waals surface area contributed by atoms with E-state index in [1.165, 1.54) is 0 Å². The highest BCUT2D eigenvalue weighted by Gasteiger charge is 2.10. The van der Waals surface area contributed by atoms with Gasteiger partial charge in [0.15, 0.2) is 6.29 Å². The molecule has 0 N–H and O–H groups in total. The van der Waals surface area contributed by atoms with Crippen LogP contribution in [0.4, 0.5) is 0 Å². The van der Waals surface area contributed by atoms with Gasteiger partial charge in [-0.25, -0.2) is 4.98 Å². The summed E-state index contributed by atoms with van der Waals surface area (Å²) in [5.74, 6) is 0. The fraction of sp³-hybridized carbons (Fsp3) is 0.357. The third kappa shape index (κ3) is 2.97. The Hall–Kier alpha value is -1.65. The summed E-state index contributed by atoms with van der Waals surface area (Å²) >= 11 is 0. The van der Waals surface area contributed by atoms with Gasteiger partial charge in [0.1, 0.15) is 0 Å². The maximum Gasteiger partial charge on any atom is 0.183 e. The zero-order valence-electron chi connectivity index (χ0n) is 10.7. The number of benzene rings is 1. The summed E-state index contributed by atoms with van der Waals surface area (Å²) in [6.45, 7) is 5.19. The van der Waals surface area contributed by atoms with Gasteiger partial charge in [-0.2, -0.15) is 0 Å². The third-order valence-corrected chi connectivity index (χ3v) is 2.60. The Kier molecular flexibility index (Phi) is 4.50. The van der Waals surface area contributed by atoms with Crippen LogP contribution in [0.25, 0.3) is 5.69 Å². The van der Waals surface area contributed by atoms with Gasteiger partial charge < -0.3 is 14.0 Å². The van der Waals surface area contributed by atoms with Crippen molar-refractivity contribution in [2.24, 2.45) is 0 Å². The largest absolute Gasteiger partial charge is 0.349 e. The predicted octanol–water partition coefficient (Wildman–Crippen LogP) is 2.94. The normalized spacial score (nSPS) is 11.1. The molecule has 0 aliphatic carbocycles. The molecule has 0 saturated heterocycles. The zero-order valence-corrected chi connectivity index (χ0v) is 10.7. The van der Waals surface area contributed by atoms with Gasteiger partial charge >= 0.3 is 0 Å². The van der Waals surface area contributed by atoms with Crippen LogP contribution in [0, 0.1) is 0 Å². The monoisotopic (exact) mass is 246 g/mol. The van der Waals surface area contributed by atoms with Gasteiger partial charge in [0.05, 0.1) is 6.33 Å². The molecule has 18 heavy (non-hydrogen) atoms. The van der Waals surface area contributed by atoms with Crippen LogP contribution in [0.15, 0.2) is 43.0 Å². The Morgan fingerprint density at radius 2 is 1.78 bits per heavy atom. The van der Waals surface area contributed by atoms with Crippen molar-refractivity contribution in [1.29, 1.82) is 0 Å². The molecule has 0 amide bonds. The van der Waals surface area contributed by atoms with Crippen LogP contribution in [-0.2, 0) is 9.47 Å². The topological polar surface area (TPSA) is 36.3 Å². The average molecular weight is 246 g/mol. The molecule has 1 aromatic carbocycles. The van der Waals surface area contributed by atoms with Gasteiger partial charge in [0.2, 0.25) is 0 Å². The zero-order chi connectivity index (χ0) is 12.8. The minimum Gasteiger partial charge on any atom is -0.349 e. The lowest BCUT2D eigenvalue weighted by Crippen LogP contribution is -2.08. The molecule has 0 spiro atoms. The highest BCUT2D eigenvalue weighted by molar-refractivity contribution is 5.34. The molecule has 0 atom stereocenters. The molecule has 0 aliphatic heterocycles. The van der Waals surface area contributed by atoms with E-state index >= 15 is 0 Å². The van der Waals surface area contributed by atoms with Crippen LogP contribution >= 0.6 is 0 Å². The second-order valence-corrected chi connectivity index (χ2v) is 3.80. The number of aromatic nitrogens is 2. The Labute approximate surface area is 107 Å². The smallest absolute Gasteiger partial charge is 0.183 e. The van der Waals surface area contributed by atoms with Crippen molar-refractivity contribution in [2.45, 2.75) is 20.1 Å². The first-order valence-corrected chi connectivity index (χ1v) is 6.16. The van der Waals surface area contributed by atoms with E-state index in [-0.39, 0.29) is 6.29 Å². The molecule has 0 aliphatic rings. The summed E-state index contributed by atoms with van der Waals surface area (Å²) in [5.41, 5.74) is 2.10. The Bertz CT molecular complexity index is 445. The summed E-state index contributed by atoms with van der Waals surface area (Å²) in [7, 11) is 0. The molecular weight excluding hydrogens is 228 g/mol. The lowest BCUT2D eigenvalue weighted by Gasteiger charge is -2.17.